The molecule has 2 unspecified atom stereocenters. The Balaban J connectivity index is 2.25. The van der Waals surface area contributed by atoms with Crippen molar-refractivity contribution in [2.75, 3.05) is 6.54 Å². The predicted molar refractivity (Wildman–Crippen MR) is 68.1 cm³/mol. The van der Waals surface area contributed by atoms with Crippen LogP contribution in [-0.2, 0) is 0 Å². The summed E-state index contributed by atoms with van der Waals surface area (Å²) < 4.78 is 0. The van der Waals surface area contributed by atoms with Crippen molar-refractivity contribution in [2.24, 2.45) is 11.8 Å². The second-order valence-electron chi connectivity index (χ2n) is 6.28. The van der Waals surface area contributed by atoms with Gasteiger partial charge in [0.25, 0.3) is 0 Å². The van der Waals surface area contributed by atoms with Gasteiger partial charge in [0.15, 0.2) is 0 Å². The summed E-state index contributed by atoms with van der Waals surface area (Å²) in [5.41, 5.74) is 0.288. The van der Waals surface area contributed by atoms with Crippen LogP contribution in [0.3, 0.4) is 0 Å². The lowest BCUT2D eigenvalue weighted by atomic mass is 9.96. The Bertz CT molecular complexity index is 169. The zero-order valence-corrected chi connectivity index (χ0v) is 11.1. The monoisotopic (exact) mass is 211 g/mol. The summed E-state index contributed by atoms with van der Waals surface area (Å²) in [4.78, 5) is 0. The van der Waals surface area contributed by atoms with E-state index in [2.05, 4.69) is 33.0 Å². The number of hydrogen-bond donors (Lipinski definition) is 1. The maximum absolute atomic E-state index is 3.65. The van der Waals surface area contributed by atoms with E-state index in [4.69, 9.17) is 0 Å². The Morgan fingerprint density at radius 2 is 1.60 bits per heavy atom. The fourth-order valence-corrected chi connectivity index (χ4v) is 2.52. The molecule has 1 saturated carbocycles. The predicted octanol–water partition coefficient (Wildman–Crippen LogP) is 3.98. The normalized spacial score (nSPS) is 28.8. The lowest BCUT2D eigenvalue weighted by Crippen LogP contribution is -2.39. The second-order valence-corrected chi connectivity index (χ2v) is 6.28. The van der Waals surface area contributed by atoms with Crippen LogP contribution in [0, 0.1) is 11.8 Å². The van der Waals surface area contributed by atoms with Crippen LogP contribution in [0.4, 0.5) is 0 Å². The minimum Gasteiger partial charge on any atom is -0.312 e. The van der Waals surface area contributed by atoms with Gasteiger partial charge in [0.2, 0.25) is 0 Å². The summed E-state index contributed by atoms with van der Waals surface area (Å²) in [5.74, 6) is 1.95. The van der Waals surface area contributed by atoms with Crippen molar-refractivity contribution >= 4 is 0 Å². The molecular formula is C14H29N. The zero-order chi connectivity index (χ0) is 11.3. The van der Waals surface area contributed by atoms with Crippen molar-refractivity contribution in [2.45, 2.75) is 71.8 Å². The van der Waals surface area contributed by atoms with Crippen LogP contribution in [0.15, 0.2) is 0 Å². The van der Waals surface area contributed by atoms with E-state index in [1.54, 1.807) is 0 Å². The maximum atomic E-state index is 3.65. The Morgan fingerprint density at radius 3 is 2.20 bits per heavy atom. The lowest BCUT2D eigenvalue weighted by molar-refractivity contribution is 0.344. The fourth-order valence-electron chi connectivity index (χ4n) is 2.52. The quantitative estimate of drug-likeness (QED) is 0.696. The van der Waals surface area contributed by atoms with Crippen LogP contribution in [-0.4, -0.2) is 12.1 Å². The highest BCUT2D eigenvalue weighted by molar-refractivity contribution is 4.76. The third-order valence-electron chi connectivity index (χ3n) is 3.71. The highest BCUT2D eigenvalue weighted by Gasteiger charge is 2.19. The first-order chi connectivity index (χ1) is 7.01. The van der Waals surface area contributed by atoms with Crippen molar-refractivity contribution < 1.29 is 0 Å². The molecule has 1 aliphatic carbocycles. The van der Waals surface area contributed by atoms with E-state index in [1.807, 2.05) is 0 Å². The molecule has 0 aromatic heterocycles. The molecule has 0 radical (unpaired) electrons. The number of hydrogen-bond acceptors (Lipinski definition) is 1. The van der Waals surface area contributed by atoms with Crippen LogP contribution >= 0.6 is 0 Å². The zero-order valence-electron chi connectivity index (χ0n) is 11.1. The molecule has 1 rings (SSSR count). The van der Waals surface area contributed by atoms with Gasteiger partial charge >= 0.3 is 0 Å². The van der Waals surface area contributed by atoms with Gasteiger partial charge in [0.05, 0.1) is 0 Å². The van der Waals surface area contributed by atoms with Gasteiger partial charge in [-0.05, 0) is 52.0 Å². The largest absolute Gasteiger partial charge is 0.312 e. The van der Waals surface area contributed by atoms with Crippen molar-refractivity contribution in [1.82, 2.24) is 5.32 Å². The summed E-state index contributed by atoms with van der Waals surface area (Å²) >= 11 is 0. The van der Waals surface area contributed by atoms with Gasteiger partial charge in [-0.2, -0.15) is 0 Å². The van der Waals surface area contributed by atoms with Crippen LogP contribution in [0.25, 0.3) is 0 Å². The molecule has 90 valence electrons. The molecule has 2 atom stereocenters. The highest BCUT2D eigenvalue weighted by Crippen LogP contribution is 2.28. The first kappa shape index (κ1) is 13.0. The van der Waals surface area contributed by atoms with Crippen LogP contribution < -0.4 is 5.32 Å². The molecule has 1 nitrogen and oxygen atoms in total. The smallest absolute Gasteiger partial charge is 0.00966 e. The molecule has 0 saturated heterocycles. The molecule has 1 fully saturated rings. The average Bonchev–Trinajstić information content (AvgIpc) is 2.38. The van der Waals surface area contributed by atoms with E-state index in [0.29, 0.717) is 0 Å². The lowest BCUT2D eigenvalue weighted by Gasteiger charge is -2.24. The molecule has 15 heavy (non-hydrogen) atoms. The van der Waals surface area contributed by atoms with Crippen molar-refractivity contribution in [1.29, 1.82) is 0 Å². The van der Waals surface area contributed by atoms with Gasteiger partial charge in [0.1, 0.15) is 0 Å². The molecule has 1 heteroatoms. The van der Waals surface area contributed by atoms with Crippen LogP contribution in [0.1, 0.15) is 66.2 Å². The van der Waals surface area contributed by atoms with E-state index in [1.165, 1.54) is 45.1 Å². The third kappa shape index (κ3) is 5.55. The first-order valence-corrected chi connectivity index (χ1v) is 6.76. The molecule has 1 N–H and O–H groups in total. The van der Waals surface area contributed by atoms with Gasteiger partial charge < -0.3 is 5.32 Å². The Labute approximate surface area is 96.0 Å². The van der Waals surface area contributed by atoms with Gasteiger partial charge in [-0.3, -0.25) is 0 Å². The molecule has 0 aliphatic heterocycles. The SMILES string of the molecule is CCC1CCCC(CNC(C)(C)C)CC1. The van der Waals surface area contributed by atoms with Gasteiger partial charge in [-0.15, -0.1) is 0 Å². The average molecular weight is 211 g/mol. The molecule has 0 bridgehead atoms. The van der Waals surface area contributed by atoms with Gasteiger partial charge in [-0.25, -0.2) is 0 Å². The van der Waals surface area contributed by atoms with Crippen LogP contribution in [0.5, 0.6) is 0 Å². The molecule has 0 amide bonds. The minimum absolute atomic E-state index is 0.288. The molecule has 0 heterocycles. The van der Waals surface area contributed by atoms with E-state index in [9.17, 15) is 0 Å². The summed E-state index contributed by atoms with van der Waals surface area (Å²) in [5, 5.41) is 3.65. The highest BCUT2D eigenvalue weighted by atomic mass is 14.9. The Kier molecular flexibility index (Phi) is 5.11. The van der Waals surface area contributed by atoms with E-state index in [0.717, 1.165) is 11.8 Å². The minimum atomic E-state index is 0.288. The number of nitrogens with one attached hydrogen (secondary N) is 1. The van der Waals surface area contributed by atoms with E-state index < -0.39 is 0 Å². The molecule has 1 aliphatic rings. The molecule has 0 aromatic carbocycles. The first-order valence-electron chi connectivity index (χ1n) is 6.76. The van der Waals surface area contributed by atoms with E-state index >= 15 is 0 Å². The maximum Gasteiger partial charge on any atom is 0.00966 e. The number of rotatable bonds is 3. The van der Waals surface area contributed by atoms with Crippen LogP contribution in [0.2, 0.25) is 0 Å². The summed E-state index contributed by atoms with van der Waals surface area (Å²) in [7, 11) is 0. The van der Waals surface area contributed by atoms with Crippen molar-refractivity contribution in [3.8, 4) is 0 Å². The topological polar surface area (TPSA) is 12.0 Å². The van der Waals surface area contributed by atoms with Gasteiger partial charge in [0, 0.05) is 5.54 Å². The Morgan fingerprint density at radius 1 is 1.00 bits per heavy atom. The molecule has 0 aromatic rings. The molecule has 0 spiro atoms. The van der Waals surface area contributed by atoms with E-state index in [-0.39, 0.29) is 5.54 Å². The standard InChI is InChI=1S/C14H29N/c1-5-12-7-6-8-13(10-9-12)11-15-14(2,3)4/h12-13,15H,5-11H2,1-4H3. The van der Waals surface area contributed by atoms with Gasteiger partial charge in [-0.1, -0.05) is 32.6 Å². The second kappa shape index (κ2) is 5.89. The third-order valence-corrected chi connectivity index (χ3v) is 3.71. The summed E-state index contributed by atoms with van der Waals surface area (Å²) in [6.45, 7) is 10.4. The summed E-state index contributed by atoms with van der Waals surface area (Å²) in [6.07, 6.45) is 8.67. The Hall–Kier alpha value is -0.0400. The fraction of sp³-hybridized carbons (Fsp3) is 1.00. The van der Waals surface area contributed by atoms with Crippen molar-refractivity contribution in [3.05, 3.63) is 0 Å². The summed E-state index contributed by atoms with van der Waals surface area (Å²) in [6, 6.07) is 0. The van der Waals surface area contributed by atoms with Crippen molar-refractivity contribution in [3.63, 3.8) is 0 Å². The molecular weight excluding hydrogens is 182 g/mol.